The lowest BCUT2D eigenvalue weighted by atomic mass is 10.2. The van der Waals surface area contributed by atoms with Gasteiger partial charge in [0, 0.05) is 25.9 Å². The molecule has 1 unspecified atom stereocenters. The van der Waals surface area contributed by atoms with Gasteiger partial charge in [0.15, 0.2) is 0 Å². The Labute approximate surface area is 112 Å². The molecule has 0 aliphatic rings. The molecule has 0 fully saturated rings. The molecule has 6 heteroatoms. The summed E-state index contributed by atoms with van der Waals surface area (Å²) in [5, 5.41) is 11.4. The zero-order valence-electron chi connectivity index (χ0n) is 11.3. The summed E-state index contributed by atoms with van der Waals surface area (Å²) in [6.45, 7) is 5.05. The number of aryl methyl sites for hydroxylation is 1. The van der Waals surface area contributed by atoms with E-state index < -0.39 is 12.1 Å². The van der Waals surface area contributed by atoms with Gasteiger partial charge in [0.2, 0.25) is 0 Å². The zero-order valence-corrected chi connectivity index (χ0v) is 11.3. The van der Waals surface area contributed by atoms with Gasteiger partial charge < -0.3 is 19.7 Å². The maximum Gasteiger partial charge on any atom is 0.306 e. The highest BCUT2D eigenvalue weighted by Crippen LogP contribution is 2.03. The molecular weight excluding hydrogens is 248 g/mol. The van der Waals surface area contributed by atoms with Crippen LogP contribution in [0.5, 0.6) is 0 Å². The van der Waals surface area contributed by atoms with Crippen molar-refractivity contribution in [1.29, 1.82) is 0 Å². The molecule has 0 radical (unpaired) electrons. The van der Waals surface area contributed by atoms with E-state index in [2.05, 4.69) is 5.32 Å². The molecule has 0 aliphatic heterocycles. The van der Waals surface area contributed by atoms with Gasteiger partial charge in [-0.2, -0.15) is 0 Å². The van der Waals surface area contributed by atoms with Crippen LogP contribution in [0.2, 0.25) is 0 Å². The Hall–Kier alpha value is -1.82. The van der Waals surface area contributed by atoms with Crippen molar-refractivity contribution in [3.8, 4) is 0 Å². The molecule has 6 nitrogen and oxygen atoms in total. The molecule has 0 saturated heterocycles. The van der Waals surface area contributed by atoms with E-state index in [1.165, 1.54) is 0 Å². The Bertz CT molecular complexity index is 428. The normalized spacial score (nSPS) is 12.1. The monoisotopic (exact) mass is 268 g/mol. The first-order valence-corrected chi connectivity index (χ1v) is 6.35. The molecule has 1 aromatic rings. The van der Waals surface area contributed by atoms with Gasteiger partial charge in [-0.05, 0) is 26.0 Å². The number of carbonyl (C=O) groups excluding carboxylic acids is 1. The van der Waals surface area contributed by atoms with E-state index in [1.54, 1.807) is 19.1 Å². The summed E-state index contributed by atoms with van der Waals surface area (Å²) in [6.07, 6.45) is 1.20. The maximum absolute atomic E-state index is 11.9. The number of nitrogens with zero attached hydrogens (tertiary/aromatic N) is 1. The smallest absolute Gasteiger partial charge is 0.306 e. The van der Waals surface area contributed by atoms with Crippen LogP contribution >= 0.6 is 0 Å². The van der Waals surface area contributed by atoms with E-state index in [9.17, 15) is 9.59 Å². The summed E-state index contributed by atoms with van der Waals surface area (Å²) in [6, 6.07) is 3.53. The molecule has 1 atom stereocenters. The first kappa shape index (κ1) is 15.2. The zero-order chi connectivity index (χ0) is 14.3. The standard InChI is InChI=1S/C13H20N2O4/c1-3-15-7-5-6-11(15)13(18)14-9-10(19-4-2)8-12(16)17/h5-7,10H,3-4,8-9H2,1-2H3,(H,14,18)(H,16,17). The minimum atomic E-state index is -0.940. The Morgan fingerprint density at radius 3 is 2.79 bits per heavy atom. The van der Waals surface area contributed by atoms with Crippen molar-refractivity contribution in [1.82, 2.24) is 9.88 Å². The number of carbonyl (C=O) groups is 2. The molecule has 19 heavy (non-hydrogen) atoms. The second-order valence-electron chi connectivity index (χ2n) is 4.06. The van der Waals surface area contributed by atoms with Crippen LogP contribution in [0.4, 0.5) is 0 Å². The number of carboxylic acid groups (broad SMARTS) is 1. The first-order chi connectivity index (χ1) is 9.08. The molecule has 106 valence electrons. The van der Waals surface area contributed by atoms with Crippen molar-refractivity contribution >= 4 is 11.9 Å². The number of hydrogen-bond acceptors (Lipinski definition) is 3. The predicted molar refractivity (Wildman–Crippen MR) is 70.1 cm³/mol. The van der Waals surface area contributed by atoms with Crippen molar-refractivity contribution in [2.24, 2.45) is 0 Å². The van der Waals surface area contributed by atoms with Crippen molar-refractivity contribution in [3.63, 3.8) is 0 Å². The highest BCUT2D eigenvalue weighted by molar-refractivity contribution is 5.92. The second kappa shape index (κ2) is 7.58. The third-order valence-corrected chi connectivity index (χ3v) is 2.70. The second-order valence-corrected chi connectivity index (χ2v) is 4.06. The topological polar surface area (TPSA) is 80.6 Å². The van der Waals surface area contributed by atoms with Gasteiger partial charge in [0.25, 0.3) is 5.91 Å². The number of rotatable bonds is 8. The van der Waals surface area contributed by atoms with E-state index in [4.69, 9.17) is 9.84 Å². The number of nitrogens with one attached hydrogen (secondary N) is 1. The van der Waals surface area contributed by atoms with Crippen LogP contribution in [0.15, 0.2) is 18.3 Å². The van der Waals surface area contributed by atoms with Gasteiger partial charge >= 0.3 is 5.97 Å². The average molecular weight is 268 g/mol. The van der Waals surface area contributed by atoms with Gasteiger partial charge in [-0.25, -0.2) is 0 Å². The quantitative estimate of drug-likeness (QED) is 0.740. The average Bonchev–Trinajstić information content (AvgIpc) is 2.83. The maximum atomic E-state index is 11.9. The minimum Gasteiger partial charge on any atom is -0.481 e. The summed E-state index contributed by atoms with van der Waals surface area (Å²) < 4.78 is 7.10. The molecule has 0 bridgehead atoms. The lowest BCUT2D eigenvalue weighted by Crippen LogP contribution is -2.35. The Balaban J connectivity index is 2.54. The van der Waals surface area contributed by atoms with E-state index in [0.29, 0.717) is 18.8 Å². The fraction of sp³-hybridized carbons (Fsp3) is 0.538. The van der Waals surface area contributed by atoms with Gasteiger partial charge in [0.05, 0.1) is 12.5 Å². The molecule has 0 saturated carbocycles. The summed E-state index contributed by atoms with van der Waals surface area (Å²) >= 11 is 0. The fourth-order valence-electron chi connectivity index (χ4n) is 1.81. The number of aromatic nitrogens is 1. The van der Waals surface area contributed by atoms with Gasteiger partial charge in [-0.3, -0.25) is 9.59 Å². The lowest BCUT2D eigenvalue weighted by molar-refractivity contribution is -0.140. The van der Waals surface area contributed by atoms with Crippen molar-refractivity contribution in [3.05, 3.63) is 24.0 Å². The van der Waals surface area contributed by atoms with Crippen LogP contribution in [0.25, 0.3) is 0 Å². The molecular formula is C13H20N2O4. The van der Waals surface area contributed by atoms with Crippen LogP contribution in [-0.2, 0) is 16.1 Å². The highest BCUT2D eigenvalue weighted by Gasteiger charge is 2.16. The van der Waals surface area contributed by atoms with Gasteiger partial charge in [-0.15, -0.1) is 0 Å². The summed E-state index contributed by atoms with van der Waals surface area (Å²) in [7, 11) is 0. The van der Waals surface area contributed by atoms with Crippen molar-refractivity contribution < 1.29 is 19.4 Å². The largest absolute Gasteiger partial charge is 0.481 e. The van der Waals surface area contributed by atoms with E-state index in [1.807, 2.05) is 17.7 Å². The molecule has 0 aromatic carbocycles. The summed E-state index contributed by atoms with van der Waals surface area (Å²) in [4.78, 5) is 22.6. The Morgan fingerprint density at radius 2 is 2.21 bits per heavy atom. The van der Waals surface area contributed by atoms with E-state index in [-0.39, 0.29) is 18.9 Å². The number of aliphatic carboxylic acids is 1. The number of amides is 1. The van der Waals surface area contributed by atoms with Crippen molar-refractivity contribution in [2.45, 2.75) is 32.9 Å². The number of ether oxygens (including phenoxy) is 1. The SMILES string of the molecule is CCOC(CNC(=O)c1cccn1CC)CC(=O)O. The third kappa shape index (κ3) is 4.75. The first-order valence-electron chi connectivity index (χ1n) is 6.35. The third-order valence-electron chi connectivity index (χ3n) is 2.70. The molecule has 1 rings (SSSR count). The van der Waals surface area contributed by atoms with Crippen LogP contribution in [0, 0.1) is 0 Å². The Morgan fingerprint density at radius 1 is 1.47 bits per heavy atom. The molecule has 0 spiro atoms. The van der Waals surface area contributed by atoms with Crippen molar-refractivity contribution in [2.75, 3.05) is 13.2 Å². The minimum absolute atomic E-state index is 0.122. The van der Waals surface area contributed by atoms with E-state index >= 15 is 0 Å². The van der Waals surface area contributed by atoms with Gasteiger partial charge in [-0.1, -0.05) is 0 Å². The number of carboxylic acids is 1. The predicted octanol–water partition coefficient (Wildman–Crippen LogP) is 1.12. The van der Waals surface area contributed by atoms with Crippen LogP contribution in [0.3, 0.4) is 0 Å². The highest BCUT2D eigenvalue weighted by atomic mass is 16.5. The number of hydrogen-bond donors (Lipinski definition) is 2. The fourth-order valence-corrected chi connectivity index (χ4v) is 1.81. The molecule has 0 aliphatic carbocycles. The molecule has 1 heterocycles. The van der Waals surface area contributed by atoms with E-state index in [0.717, 1.165) is 0 Å². The molecule has 1 aromatic heterocycles. The lowest BCUT2D eigenvalue weighted by Gasteiger charge is -2.16. The van der Waals surface area contributed by atoms with Crippen LogP contribution in [0.1, 0.15) is 30.8 Å². The summed E-state index contributed by atoms with van der Waals surface area (Å²) in [5.41, 5.74) is 0.563. The molecule has 2 N–H and O–H groups in total. The van der Waals surface area contributed by atoms with Crippen LogP contribution in [-0.4, -0.2) is 40.8 Å². The Kier molecular flexibility index (Phi) is 6.08. The van der Waals surface area contributed by atoms with Crippen LogP contribution < -0.4 is 5.32 Å². The van der Waals surface area contributed by atoms with Gasteiger partial charge in [0.1, 0.15) is 5.69 Å². The summed E-state index contributed by atoms with van der Waals surface area (Å²) in [5.74, 6) is -1.16. The molecule has 1 amide bonds.